The van der Waals surface area contributed by atoms with Crippen molar-refractivity contribution in [1.82, 2.24) is 34.9 Å². The summed E-state index contributed by atoms with van der Waals surface area (Å²) in [6.45, 7) is 5.93. The van der Waals surface area contributed by atoms with Crippen LogP contribution in [-0.2, 0) is 22.6 Å². The molecule has 2 aliphatic heterocycles. The van der Waals surface area contributed by atoms with Gasteiger partial charge in [0.15, 0.2) is 5.82 Å². The summed E-state index contributed by atoms with van der Waals surface area (Å²) in [7, 11) is 3.98. The van der Waals surface area contributed by atoms with E-state index in [4.69, 9.17) is 4.74 Å². The number of carbonyl (C=O) groups is 1. The molecule has 0 spiro atoms. The Morgan fingerprint density at radius 2 is 2.12 bits per heavy atom. The second kappa shape index (κ2) is 8.00. The minimum Gasteiger partial charge on any atom is -0.379 e. The Kier molecular flexibility index (Phi) is 5.75. The molecule has 24 heavy (non-hydrogen) atoms. The summed E-state index contributed by atoms with van der Waals surface area (Å²) in [5.41, 5.74) is 0. The third-order valence-electron chi connectivity index (χ3n) is 4.94. The van der Waals surface area contributed by atoms with E-state index in [9.17, 15) is 4.79 Å². The van der Waals surface area contributed by atoms with Crippen LogP contribution in [0.15, 0.2) is 0 Å². The number of nitrogens with zero attached hydrogens (tertiary/aromatic N) is 7. The van der Waals surface area contributed by atoms with E-state index in [-0.39, 0.29) is 12.5 Å². The van der Waals surface area contributed by atoms with Gasteiger partial charge in [-0.05, 0) is 36.9 Å². The molecule has 9 heteroatoms. The number of amides is 1. The van der Waals surface area contributed by atoms with Gasteiger partial charge >= 0.3 is 0 Å². The zero-order valence-corrected chi connectivity index (χ0v) is 14.6. The number of hydrogen-bond acceptors (Lipinski definition) is 7. The van der Waals surface area contributed by atoms with Gasteiger partial charge in [-0.3, -0.25) is 9.69 Å². The van der Waals surface area contributed by atoms with Crippen LogP contribution >= 0.6 is 0 Å². The number of morpholine rings is 1. The fraction of sp³-hybridized carbons (Fsp3) is 0.867. The minimum absolute atomic E-state index is 0.0471. The van der Waals surface area contributed by atoms with Gasteiger partial charge < -0.3 is 14.5 Å². The SMILES string of the molecule is CN(C[C@H]1CCCN1C)C(=O)Cn1nnnc1CN1CCOCC1. The van der Waals surface area contributed by atoms with Gasteiger partial charge in [0.2, 0.25) is 5.91 Å². The molecule has 2 fully saturated rings. The van der Waals surface area contributed by atoms with Gasteiger partial charge in [0.05, 0.1) is 19.8 Å². The zero-order valence-electron chi connectivity index (χ0n) is 14.6. The normalized spacial score (nSPS) is 22.8. The van der Waals surface area contributed by atoms with E-state index in [0.29, 0.717) is 12.6 Å². The van der Waals surface area contributed by atoms with Crippen LogP contribution in [0.25, 0.3) is 0 Å². The number of carbonyl (C=O) groups excluding carboxylic acids is 1. The maximum atomic E-state index is 12.5. The number of aromatic nitrogens is 4. The number of rotatable bonds is 6. The monoisotopic (exact) mass is 337 g/mol. The quantitative estimate of drug-likeness (QED) is 0.663. The molecule has 1 atom stereocenters. The van der Waals surface area contributed by atoms with E-state index in [1.54, 1.807) is 9.58 Å². The Balaban J connectivity index is 1.53. The molecule has 0 aliphatic carbocycles. The van der Waals surface area contributed by atoms with E-state index >= 15 is 0 Å². The highest BCUT2D eigenvalue weighted by Gasteiger charge is 2.24. The fourth-order valence-electron chi connectivity index (χ4n) is 3.30. The summed E-state index contributed by atoms with van der Waals surface area (Å²) in [6.07, 6.45) is 2.36. The standard InChI is InChI=1S/C15H27N7O2/c1-19-5-3-4-13(19)10-20(2)15(23)12-22-14(16-17-18-22)11-21-6-8-24-9-7-21/h13H,3-12H2,1-2H3/t13-/m1/s1. The minimum atomic E-state index is 0.0471. The maximum Gasteiger partial charge on any atom is 0.244 e. The topological polar surface area (TPSA) is 79.6 Å². The largest absolute Gasteiger partial charge is 0.379 e. The molecule has 3 rings (SSSR count). The number of likely N-dealkylation sites (N-methyl/N-ethyl adjacent to an activating group) is 2. The van der Waals surface area contributed by atoms with Crippen molar-refractivity contribution in [2.75, 3.05) is 53.5 Å². The van der Waals surface area contributed by atoms with Crippen LogP contribution in [-0.4, -0.2) is 100 Å². The molecule has 0 N–H and O–H groups in total. The van der Waals surface area contributed by atoms with Crippen molar-refractivity contribution in [1.29, 1.82) is 0 Å². The summed E-state index contributed by atoms with van der Waals surface area (Å²) in [6, 6.07) is 0.459. The number of likely N-dealkylation sites (tertiary alicyclic amines) is 1. The molecule has 2 saturated heterocycles. The average molecular weight is 337 g/mol. The summed E-state index contributed by atoms with van der Waals surface area (Å²) >= 11 is 0. The van der Waals surface area contributed by atoms with Crippen molar-refractivity contribution in [3.63, 3.8) is 0 Å². The van der Waals surface area contributed by atoms with Gasteiger partial charge in [-0.2, -0.15) is 0 Å². The third kappa shape index (κ3) is 4.28. The van der Waals surface area contributed by atoms with Gasteiger partial charge in [0, 0.05) is 32.7 Å². The third-order valence-corrected chi connectivity index (χ3v) is 4.94. The van der Waals surface area contributed by atoms with Crippen LogP contribution in [0.1, 0.15) is 18.7 Å². The molecule has 0 aromatic carbocycles. The van der Waals surface area contributed by atoms with Crippen LogP contribution in [0.5, 0.6) is 0 Å². The highest BCUT2D eigenvalue weighted by molar-refractivity contribution is 5.75. The van der Waals surface area contributed by atoms with E-state index < -0.39 is 0 Å². The molecule has 1 amide bonds. The zero-order chi connectivity index (χ0) is 16.9. The highest BCUT2D eigenvalue weighted by Crippen LogP contribution is 2.15. The number of ether oxygens (including phenoxy) is 1. The average Bonchev–Trinajstić information content (AvgIpc) is 3.18. The lowest BCUT2D eigenvalue weighted by Crippen LogP contribution is -2.41. The summed E-state index contributed by atoms with van der Waals surface area (Å²) in [5.74, 6) is 0.780. The molecule has 0 saturated carbocycles. The summed E-state index contributed by atoms with van der Waals surface area (Å²) in [4.78, 5) is 18.9. The molecule has 0 radical (unpaired) electrons. The lowest BCUT2D eigenvalue weighted by molar-refractivity contribution is -0.131. The molecule has 1 aromatic rings. The molecular formula is C15H27N7O2. The molecule has 134 valence electrons. The van der Waals surface area contributed by atoms with Crippen LogP contribution in [0.2, 0.25) is 0 Å². The molecule has 0 bridgehead atoms. The second-order valence-electron chi connectivity index (χ2n) is 6.69. The van der Waals surface area contributed by atoms with E-state index in [2.05, 4.69) is 32.4 Å². The number of tetrazole rings is 1. The van der Waals surface area contributed by atoms with Gasteiger partial charge in [0.25, 0.3) is 0 Å². The molecule has 9 nitrogen and oxygen atoms in total. The first-order valence-electron chi connectivity index (χ1n) is 8.63. The van der Waals surface area contributed by atoms with Gasteiger partial charge in [-0.15, -0.1) is 5.10 Å². The van der Waals surface area contributed by atoms with Crippen LogP contribution in [0.3, 0.4) is 0 Å². The Morgan fingerprint density at radius 3 is 2.83 bits per heavy atom. The van der Waals surface area contributed by atoms with E-state index in [1.807, 2.05) is 7.05 Å². The van der Waals surface area contributed by atoms with Crippen molar-refractivity contribution < 1.29 is 9.53 Å². The predicted octanol–water partition coefficient (Wildman–Crippen LogP) is -0.942. The Hall–Kier alpha value is -1.58. The summed E-state index contributed by atoms with van der Waals surface area (Å²) < 4.78 is 6.97. The first-order valence-corrected chi connectivity index (χ1v) is 8.63. The molecule has 1 aromatic heterocycles. The molecular weight excluding hydrogens is 310 g/mol. The van der Waals surface area contributed by atoms with Crippen molar-refractivity contribution in [2.45, 2.75) is 32.0 Å². The van der Waals surface area contributed by atoms with E-state index in [0.717, 1.165) is 51.6 Å². The molecule has 0 unspecified atom stereocenters. The van der Waals surface area contributed by atoms with Crippen LogP contribution < -0.4 is 0 Å². The van der Waals surface area contributed by atoms with Gasteiger partial charge in [-0.1, -0.05) is 0 Å². The highest BCUT2D eigenvalue weighted by atomic mass is 16.5. The first-order chi connectivity index (χ1) is 11.6. The molecule has 3 heterocycles. The Bertz CT molecular complexity index is 544. The Labute approximate surface area is 142 Å². The lowest BCUT2D eigenvalue weighted by atomic mass is 10.2. The smallest absolute Gasteiger partial charge is 0.244 e. The van der Waals surface area contributed by atoms with Crippen molar-refractivity contribution in [3.05, 3.63) is 5.82 Å². The van der Waals surface area contributed by atoms with Gasteiger partial charge in [-0.25, -0.2) is 4.68 Å². The fourth-order valence-corrected chi connectivity index (χ4v) is 3.30. The summed E-state index contributed by atoms with van der Waals surface area (Å²) in [5, 5.41) is 11.8. The molecule has 2 aliphatic rings. The van der Waals surface area contributed by atoms with Crippen molar-refractivity contribution in [2.24, 2.45) is 0 Å². The van der Waals surface area contributed by atoms with Crippen LogP contribution in [0, 0.1) is 0 Å². The number of hydrogen-bond donors (Lipinski definition) is 0. The first kappa shape index (κ1) is 17.2. The van der Waals surface area contributed by atoms with Crippen LogP contribution in [0.4, 0.5) is 0 Å². The van der Waals surface area contributed by atoms with Gasteiger partial charge in [0.1, 0.15) is 6.54 Å². The second-order valence-corrected chi connectivity index (χ2v) is 6.69. The lowest BCUT2D eigenvalue weighted by Gasteiger charge is -2.27. The van der Waals surface area contributed by atoms with Crippen molar-refractivity contribution in [3.8, 4) is 0 Å². The van der Waals surface area contributed by atoms with Crippen molar-refractivity contribution >= 4 is 5.91 Å². The maximum absolute atomic E-state index is 12.5. The predicted molar refractivity (Wildman–Crippen MR) is 87.2 cm³/mol. The Morgan fingerprint density at radius 1 is 1.33 bits per heavy atom. The van der Waals surface area contributed by atoms with E-state index in [1.165, 1.54) is 6.42 Å².